The lowest BCUT2D eigenvalue weighted by atomic mass is 9.94. The van der Waals surface area contributed by atoms with Crippen LogP contribution < -0.4 is 4.90 Å². The fourth-order valence-corrected chi connectivity index (χ4v) is 7.00. The van der Waals surface area contributed by atoms with Crippen LogP contribution in [0.4, 0.5) is 17.1 Å². The maximum Gasteiger partial charge on any atom is 0.0546 e. The van der Waals surface area contributed by atoms with Crippen molar-refractivity contribution in [3.05, 3.63) is 170 Å². The summed E-state index contributed by atoms with van der Waals surface area (Å²) in [6.07, 6.45) is 0. The maximum absolute atomic E-state index is 2.42. The molecule has 0 bridgehead atoms. The van der Waals surface area contributed by atoms with Crippen molar-refractivity contribution in [2.24, 2.45) is 0 Å². The molecule has 0 N–H and O–H groups in total. The molecule has 0 aliphatic carbocycles. The fourth-order valence-electron chi connectivity index (χ4n) is 7.00. The van der Waals surface area contributed by atoms with Crippen LogP contribution in [0.15, 0.2) is 170 Å². The number of hydrogen-bond donors (Lipinski definition) is 0. The van der Waals surface area contributed by atoms with Crippen molar-refractivity contribution >= 4 is 71.2 Å². The third-order valence-electron chi connectivity index (χ3n) is 8.91. The molecule has 0 aliphatic rings. The van der Waals surface area contributed by atoms with Gasteiger partial charge in [-0.1, -0.05) is 115 Å². The molecule has 8 aromatic carbocycles. The molecule has 0 saturated carbocycles. The summed E-state index contributed by atoms with van der Waals surface area (Å²) in [6, 6.07) is 61.5. The van der Waals surface area contributed by atoms with Gasteiger partial charge in [0.1, 0.15) is 0 Å². The first kappa shape index (κ1) is 24.7. The Morgan fingerprint density at radius 2 is 0.977 bits per heavy atom. The van der Waals surface area contributed by atoms with E-state index >= 15 is 0 Å². The monoisotopic (exact) mass is 560 g/mol. The third-order valence-corrected chi connectivity index (χ3v) is 8.91. The van der Waals surface area contributed by atoms with Gasteiger partial charge in [-0.25, -0.2) is 0 Å². The topological polar surface area (TPSA) is 8.17 Å². The number of fused-ring (bicyclic) bond motifs is 8. The van der Waals surface area contributed by atoms with E-state index in [2.05, 4.69) is 179 Å². The number of anilines is 3. The van der Waals surface area contributed by atoms with Gasteiger partial charge in [-0.3, -0.25) is 0 Å². The van der Waals surface area contributed by atoms with Crippen molar-refractivity contribution in [1.82, 2.24) is 4.57 Å². The van der Waals surface area contributed by atoms with Crippen LogP contribution in [0.3, 0.4) is 0 Å². The lowest BCUT2D eigenvalue weighted by Crippen LogP contribution is -2.10. The van der Waals surface area contributed by atoms with E-state index in [4.69, 9.17) is 0 Å². The van der Waals surface area contributed by atoms with E-state index in [1.165, 1.54) is 65.5 Å². The van der Waals surface area contributed by atoms with E-state index in [0.717, 1.165) is 11.4 Å². The van der Waals surface area contributed by atoms with Gasteiger partial charge in [-0.05, 0) is 81.5 Å². The zero-order valence-electron chi connectivity index (χ0n) is 24.1. The van der Waals surface area contributed by atoms with Crippen LogP contribution in [0, 0.1) is 0 Å². The number of rotatable bonds is 4. The van der Waals surface area contributed by atoms with Crippen LogP contribution >= 0.6 is 0 Å². The first-order valence-corrected chi connectivity index (χ1v) is 15.1. The average molecular weight is 561 g/mol. The summed E-state index contributed by atoms with van der Waals surface area (Å²) < 4.78 is 2.37. The first-order chi connectivity index (χ1) is 21.8. The van der Waals surface area contributed by atoms with E-state index < -0.39 is 0 Å². The highest BCUT2D eigenvalue weighted by Gasteiger charge is 2.20. The Hall–Kier alpha value is -5.86. The Labute approximate surface area is 255 Å². The smallest absolute Gasteiger partial charge is 0.0546 e. The summed E-state index contributed by atoms with van der Waals surface area (Å²) in [4.78, 5) is 2.42. The minimum Gasteiger partial charge on any atom is -0.310 e. The molecule has 2 nitrogen and oxygen atoms in total. The second kappa shape index (κ2) is 9.86. The molecular formula is C42H28N2. The Bertz CT molecular complexity index is 2490. The van der Waals surface area contributed by atoms with E-state index in [0.29, 0.717) is 0 Å². The van der Waals surface area contributed by atoms with Gasteiger partial charge in [0.05, 0.1) is 16.7 Å². The van der Waals surface area contributed by atoms with Crippen LogP contribution in [0.1, 0.15) is 0 Å². The molecule has 9 aromatic rings. The highest BCUT2D eigenvalue weighted by Crippen LogP contribution is 2.45. The van der Waals surface area contributed by atoms with Crippen molar-refractivity contribution in [3.8, 4) is 5.69 Å². The van der Waals surface area contributed by atoms with Crippen molar-refractivity contribution in [1.29, 1.82) is 0 Å². The molecule has 0 aliphatic heterocycles. The van der Waals surface area contributed by atoms with Gasteiger partial charge in [-0.15, -0.1) is 0 Å². The van der Waals surface area contributed by atoms with Gasteiger partial charge in [-0.2, -0.15) is 0 Å². The fraction of sp³-hybridized carbons (Fsp3) is 0. The maximum atomic E-state index is 2.42. The Morgan fingerprint density at radius 1 is 0.364 bits per heavy atom. The predicted octanol–water partition coefficient (Wildman–Crippen LogP) is 11.7. The quantitative estimate of drug-likeness (QED) is 0.194. The van der Waals surface area contributed by atoms with Crippen LogP contribution in [0.25, 0.3) is 59.8 Å². The average Bonchev–Trinajstić information content (AvgIpc) is 3.43. The lowest BCUT2D eigenvalue weighted by Gasteiger charge is -2.28. The standard InChI is InChI=1S/C42H28N2/c1-3-14-31(15-4-1)43(41-27-30-24-23-29-13-7-8-18-34(29)42(30)37-21-10-9-19-35(37)41)33-25-26-40-38(28-33)36-20-11-12-22-39(36)44(40)32-16-5-2-6-17-32/h1-28H. The minimum absolute atomic E-state index is 1.13. The molecule has 206 valence electrons. The Morgan fingerprint density at radius 3 is 1.80 bits per heavy atom. The van der Waals surface area contributed by atoms with Crippen LogP contribution in [-0.4, -0.2) is 4.57 Å². The van der Waals surface area contributed by atoms with Crippen LogP contribution in [0.5, 0.6) is 0 Å². The first-order valence-electron chi connectivity index (χ1n) is 15.1. The van der Waals surface area contributed by atoms with Crippen molar-refractivity contribution in [3.63, 3.8) is 0 Å². The third kappa shape index (κ3) is 3.75. The second-order valence-electron chi connectivity index (χ2n) is 11.4. The molecule has 1 aromatic heterocycles. The van der Waals surface area contributed by atoms with Gasteiger partial charge in [0, 0.05) is 33.2 Å². The van der Waals surface area contributed by atoms with Crippen molar-refractivity contribution in [2.75, 3.05) is 4.90 Å². The highest BCUT2D eigenvalue weighted by molar-refractivity contribution is 6.23. The molecule has 0 saturated heterocycles. The van der Waals surface area contributed by atoms with Gasteiger partial charge in [0.15, 0.2) is 0 Å². The minimum atomic E-state index is 1.13. The van der Waals surface area contributed by atoms with Gasteiger partial charge in [0.2, 0.25) is 0 Å². The van der Waals surface area contributed by atoms with Gasteiger partial charge in [0.25, 0.3) is 0 Å². The Balaban J connectivity index is 1.35. The van der Waals surface area contributed by atoms with Crippen LogP contribution in [0.2, 0.25) is 0 Å². The normalized spacial score (nSPS) is 11.6. The summed E-state index contributed by atoms with van der Waals surface area (Å²) in [6.45, 7) is 0. The molecule has 44 heavy (non-hydrogen) atoms. The number of benzene rings is 8. The zero-order chi connectivity index (χ0) is 29.0. The molecule has 2 heteroatoms. The summed E-state index contributed by atoms with van der Waals surface area (Å²) >= 11 is 0. The molecule has 1 heterocycles. The second-order valence-corrected chi connectivity index (χ2v) is 11.4. The molecular weight excluding hydrogens is 532 g/mol. The number of para-hydroxylation sites is 3. The SMILES string of the molecule is c1ccc(N(c2ccc3c(c2)c2ccccc2n3-c2ccccc2)c2cc3ccc4ccccc4c3c3ccccc23)cc1. The largest absolute Gasteiger partial charge is 0.310 e. The number of aromatic nitrogens is 1. The van der Waals surface area contributed by atoms with E-state index in [-0.39, 0.29) is 0 Å². The van der Waals surface area contributed by atoms with Crippen molar-refractivity contribution in [2.45, 2.75) is 0 Å². The lowest BCUT2D eigenvalue weighted by molar-refractivity contribution is 1.18. The molecule has 0 radical (unpaired) electrons. The number of nitrogens with zero attached hydrogens (tertiary/aromatic N) is 2. The number of hydrogen-bond acceptors (Lipinski definition) is 1. The summed E-state index contributed by atoms with van der Waals surface area (Å²) in [5, 5.41) is 10.1. The molecule has 9 rings (SSSR count). The van der Waals surface area contributed by atoms with Crippen LogP contribution in [-0.2, 0) is 0 Å². The van der Waals surface area contributed by atoms with E-state index in [1.54, 1.807) is 0 Å². The van der Waals surface area contributed by atoms with Gasteiger partial charge >= 0.3 is 0 Å². The highest BCUT2D eigenvalue weighted by atomic mass is 15.1. The molecule has 0 spiro atoms. The summed E-state index contributed by atoms with van der Waals surface area (Å²) in [5.74, 6) is 0. The summed E-state index contributed by atoms with van der Waals surface area (Å²) in [7, 11) is 0. The Kier molecular flexibility index (Phi) is 5.54. The molecule has 0 amide bonds. The summed E-state index contributed by atoms with van der Waals surface area (Å²) in [5.41, 5.74) is 7.00. The van der Waals surface area contributed by atoms with Crippen molar-refractivity contribution < 1.29 is 0 Å². The molecule has 0 unspecified atom stereocenters. The zero-order valence-corrected chi connectivity index (χ0v) is 24.1. The van der Waals surface area contributed by atoms with Gasteiger partial charge < -0.3 is 9.47 Å². The van der Waals surface area contributed by atoms with E-state index in [1.807, 2.05) is 0 Å². The molecule has 0 atom stereocenters. The predicted molar refractivity (Wildman–Crippen MR) is 188 cm³/mol. The molecule has 0 fully saturated rings. The van der Waals surface area contributed by atoms with E-state index in [9.17, 15) is 0 Å².